The molecule has 0 aromatic carbocycles. The molecule has 17 heavy (non-hydrogen) atoms. The SMILES string of the molecule is C.C.O=C1C=CC(=O)N1CN1C(=O)C=CC1=O. The zero-order valence-corrected chi connectivity index (χ0v) is 7.54. The molecule has 0 unspecified atom stereocenters. The van der Waals surface area contributed by atoms with Gasteiger partial charge >= 0.3 is 0 Å². The van der Waals surface area contributed by atoms with E-state index in [4.69, 9.17) is 0 Å². The highest BCUT2D eigenvalue weighted by Crippen LogP contribution is 2.09. The van der Waals surface area contributed by atoms with Crippen molar-refractivity contribution in [1.29, 1.82) is 0 Å². The maximum Gasteiger partial charge on any atom is 0.255 e. The van der Waals surface area contributed by atoms with Crippen molar-refractivity contribution < 1.29 is 19.2 Å². The summed E-state index contributed by atoms with van der Waals surface area (Å²) in [5.41, 5.74) is 0. The number of carbonyl (C=O) groups is 4. The van der Waals surface area contributed by atoms with Crippen molar-refractivity contribution in [2.75, 3.05) is 6.67 Å². The Balaban J connectivity index is 0.00000128. The fourth-order valence-corrected chi connectivity index (χ4v) is 1.28. The molecule has 6 nitrogen and oxygen atoms in total. The van der Waals surface area contributed by atoms with Gasteiger partial charge in [0.1, 0.15) is 6.67 Å². The summed E-state index contributed by atoms with van der Waals surface area (Å²) in [7, 11) is 0. The van der Waals surface area contributed by atoms with Crippen LogP contribution in [0.5, 0.6) is 0 Å². The van der Waals surface area contributed by atoms with Gasteiger partial charge in [-0.1, -0.05) is 14.9 Å². The monoisotopic (exact) mass is 238 g/mol. The van der Waals surface area contributed by atoms with Crippen LogP contribution in [-0.2, 0) is 19.2 Å². The maximum atomic E-state index is 11.1. The zero-order chi connectivity index (χ0) is 11.0. The number of hydrogen-bond acceptors (Lipinski definition) is 4. The number of hydrogen-bond donors (Lipinski definition) is 0. The van der Waals surface area contributed by atoms with E-state index in [1.54, 1.807) is 0 Å². The van der Waals surface area contributed by atoms with Crippen molar-refractivity contribution >= 4 is 23.6 Å². The molecule has 0 spiro atoms. The highest BCUT2D eigenvalue weighted by Gasteiger charge is 2.31. The Hall–Kier alpha value is -2.24. The molecule has 0 aliphatic carbocycles. The highest BCUT2D eigenvalue weighted by molar-refractivity contribution is 6.15. The van der Waals surface area contributed by atoms with Crippen LogP contribution in [0.3, 0.4) is 0 Å². The van der Waals surface area contributed by atoms with E-state index in [1.165, 1.54) is 0 Å². The Labute approximate surface area is 99.2 Å². The topological polar surface area (TPSA) is 74.8 Å². The number of nitrogens with zero attached hydrogens (tertiary/aromatic N) is 2. The average molecular weight is 238 g/mol. The van der Waals surface area contributed by atoms with Crippen LogP contribution < -0.4 is 0 Å². The molecule has 2 heterocycles. The first-order chi connectivity index (χ1) is 7.09. The molecule has 2 aliphatic rings. The van der Waals surface area contributed by atoms with Crippen LogP contribution in [0.2, 0.25) is 0 Å². The summed E-state index contributed by atoms with van der Waals surface area (Å²) >= 11 is 0. The summed E-state index contributed by atoms with van der Waals surface area (Å²) in [6.45, 7) is -0.324. The molecule has 0 fully saturated rings. The van der Waals surface area contributed by atoms with Crippen LogP contribution in [0.1, 0.15) is 14.9 Å². The van der Waals surface area contributed by atoms with Crippen LogP contribution >= 0.6 is 0 Å². The minimum atomic E-state index is -0.521. The van der Waals surface area contributed by atoms with Crippen molar-refractivity contribution in [2.45, 2.75) is 14.9 Å². The van der Waals surface area contributed by atoms with E-state index < -0.39 is 23.6 Å². The number of amides is 4. The van der Waals surface area contributed by atoms with Gasteiger partial charge in [-0.3, -0.25) is 29.0 Å². The van der Waals surface area contributed by atoms with Gasteiger partial charge < -0.3 is 0 Å². The number of rotatable bonds is 2. The molecular formula is C11H14N2O4. The van der Waals surface area contributed by atoms with Crippen LogP contribution in [0, 0.1) is 0 Å². The Morgan fingerprint density at radius 2 is 0.882 bits per heavy atom. The molecule has 4 amide bonds. The van der Waals surface area contributed by atoms with Crippen molar-refractivity contribution in [2.24, 2.45) is 0 Å². The lowest BCUT2D eigenvalue weighted by atomic mass is 10.5. The van der Waals surface area contributed by atoms with Gasteiger partial charge in [0.25, 0.3) is 23.6 Å². The zero-order valence-electron chi connectivity index (χ0n) is 7.54. The van der Waals surface area contributed by atoms with Crippen molar-refractivity contribution in [3.8, 4) is 0 Å². The lowest BCUT2D eigenvalue weighted by molar-refractivity contribution is -0.145. The van der Waals surface area contributed by atoms with Crippen LogP contribution in [0.15, 0.2) is 24.3 Å². The molecule has 0 aromatic heterocycles. The summed E-state index contributed by atoms with van der Waals surface area (Å²) in [4.78, 5) is 46.2. The van der Waals surface area contributed by atoms with E-state index in [9.17, 15) is 19.2 Å². The first kappa shape index (κ1) is 14.8. The molecule has 2 rings (SSSR count). The van der Waals surface area contributed by atoms with Gasteiger partial charge in [0.05, 0.1) is 0 Å². The largest absolute Gasteiger partial charge is 0.269 e. The van der Waals surface area contributed by atoms with Crippen molar-refractivity contribution in [3.05, 3.63) is 24.3 Å². The van der Waals surface area contributed by atoms with E-state index >= 15 is 0 Å². The standard InChI is InChI=1S/C9H6N2O4.2CH4/c12-6-1-2-7(13)10(6)5-11-8(14)3-4-9(11)15;;/h1-4H,5H2;2*1H4. The van der Waals surface area contributed by atoms with Gasteiger partial charge in [-0.15, -0.1) is 0 Å². The molecular weight excluding hydrogens is 224 g/mol. The number of imide groups is 2. The Kier molecular flexibility index (Phi) is 4.51. The quantitative estimate of drug-likeness (QED) is 0.638. The van der Waals surface area contributed by atoms with Gasteiger partial charge in [0, 0.05) is 24.3 Å². The van der Waals surface area contributed by atoms with Crippen LogP contribution in [0.25, 0.3) is 0 Å². The van der Waals surface area contributed by atoms with Crippen molar-refractivity contribution in [1.82, 2.24) is 9.80 Å². The average Bonchev–Trinajstić information content (AvgIpc) is 2.67. The van der Waals surface area contributed by atoms with Crippen LogP contribution in [-0.4, -0.2) is 40.1 Å². The second-order valence-corrected chi connectivity index (χ2v) is 3.02. The lowest BCUT2D eigenvalue weighted by Crippen LogP contribution is -2.44. The third kappa shape index (κ3) is 2.47. The maximum absolute atomic E-state index is 11.1. The summed E-state index contributed by atoms with van der Waals surface area (Å²) < 4.78 is 0. The second-order valence-electron chi connectivity index (χ2n) is 3.02. The van der Waals surface area contributed by atoms with E-state index in [0.717, 1.165) is 34.1 Å². The van der Waals surface area contributed by atoms with E-state index in [1.807, 2.05) is 0 Å². The van der Waals surface area contributed by atoms with Gasteiger partial charge in [0.2, 0.25) is 0 Å². The molecule has 0 aromatic rings. The Morgan fingerprint density at radius 1 is 0.647 bits per heavy atom. The van der Waals surface area contributed by atoms with Crippen LogP contribution in [0.4, 0.5) is 0 Å². The normalized spacial score (nSPS) is 17.6. The summed E-state index contributed by atoms with van der Waals surface area (Å²) in [6, 6.07) is 0. The van der Waals surface area contributed by atoms with E-state index in [2.05, 4.69) is 0 Å². The Morgan fingerprint density at radius 3 is 1.12 bits per heavy atom. The molecule has 2 aliphatic heterocycles. The number of carbonyl (C=O) groups excluding carboxylic acids is 4. The molecule has 0 bridgehead atoms. The molecule has 92 valence electrons. The predicted octanol–water partition coefficient (Wildman–Crippen LogP) is 0.0661. The van der Waals surface area contributed by atoms with Gasteiger partial charge in [-0.2, -0.15) is 0 Å². The summed E-state index contributed by atoms with van der Waals surface area (Å²) in [5, 5.41) is 0. The molecule has 0 atom stereocenters. The molecule has 6 heteroatoms. The molecule has 0 saturated heterocycles. The lowest BCUT2D eigenvalue weighted by Gasteiger charge is -2.20. The fraction of sp³-hybridized carbons (Fsp3) is 0.273. The minimum absolute atomic E-state index is 0. The predicted molar refractivity (Wildman–Crippen MR) is 60.3 cm³/mol. The third-order valence-electron chi connectivity index (χ3n) is 2.08. The van der Waals surface area contributed by atoms with E-state index in [0.29, 0.717) is 0 Å². The minimum Gasteiger partial charge on any atom is -0.269 e. The van der Waals surface area contributed by atoms with E-state index in [-0.39, 0.29) is 21.5 Å². The highest BCUT2D eigenvalue weighted by atomic mass is 16.2. The molecule has 0 radical (unpaired) electrons. The molecule has 0 saturated carbocycles. The van der Waals surface area contributed by atoms with Crippen molar-refractivity contribution in [3.63, 3.8) is 0 Å². The van der Waals surface area contributed by atoms with Gasteiger partial charge in [-0.25, -0.2) is 0 Å². The van der Waals surface area contributed by atoms with Gasteiger partial charge in [-0.05, 0) is 0 Å². The summed E-state index contributed by atoms with van der Waals surface area (Å²) in [6.07, 6.45) is 4.39. The fourth-order valence-electron chi connectivity index (χ4n) is 1.28. The molecule has 0 N–H and O–H groups in total. The Bertz CT molecular complexity index is 361. The van der Waals surface area contributed by atoms with Gasteiger partial charge in [0.15, 0.2) is 0 Å². The second kappa shape index (κ2) is 5.20. The third-order valence-corrected chi connectivity index (χ3v) is 2.08. The first-order valence-electron chi connectivity index (χ1n) is 4.16. The summed E-state index contributed by atoms with van der Waals surface area (Å²) in [5.74, 6) is -2.08. The smallest absolute Gasteiger partial charge is 0.255 e. The first-order valence-corrected chi connectivity index (χ1v) is 4.16.